The van der Waals surface area contributed by atoms with E-state index in [1.807, 2.05) is 25.3 Å². The fourth-order valence-corrected chi connectivity index (χ4v) is 5.32. The van der Waals surface area contributed by atoms with Crippen LogP contribution in [0.1, 0.15) is 6.92 Å². The van der Waals surface area contributed by atoms with E-state index in [0.29, 0.717) is 5.02 Å². The molecule has 5 heterocycles. The number of nitrogens with one attached hydrogen (secondary N) is 4. The smallest absolute Gasteiger partial charge is 0.271 e. The molecule has 7 nitrogen and oxygen atoms in total. The summed E-state index contributed by atoms with van der Waals surface area (Å²) >= 11 is 5.95. The SMILES string of the molecule is CC1=NN(c2ccc(Cl)cc2)C(=O)[C@H]1C=[NH+]C12C[NH+]3C[NH+](C[NH+](C3)C1)C2. The molecule has 0 aromatic heterocycles. The molecule has 4 bridgehead atoms. The molecule has 0 radical (unpaired) electrons. The van der Waals surface area contributed by atoms with Crippen LogP contribution in [0.2, 0.25) is 5.02 Å². The molecule has 6 rings (SSSR count). The van der Waals surface area contributed by atoms with Crippen LogP contribution in [-0.2, 0) is 4.79 Å². The molecule has 1 amide bonds. The highest BCUT2D eigenvalue weighted by Gasteiger charge is 2.61. The van der Waals surface area contributed by atoms with Gasteiger partial charge in [-0.2, -0.15) is 10.1 Å². The highest BCUT2D eigenvalue weighted by Crippen LogP contribution is 2.24. The third-order valence-corrected chi connectivity index (χ3v) is 6.33. The van der Waals surface area contributed by atoms with Gasteiger partial charge in [-0.05, 0) is 31.2 Å². The number of hydrogen-bond donors (Lipinski definition) is 4. The Kier molecular flexibility index (Phi) is 3.69. The summed E-state index contributed by atoms with van der Waals surface area (Å²) in [5.41, 5.74) is 1.70. The molecule has 4 saturated heterocycles. The molecule has 1 atom stereocenters. The molecule has 0 saturated carbocycles. The Morgan fingerprint density at radius 3 is 2.31 bits per heavy atom. The van der Waals surface area contributed by atoms with Crippen LogP contribution in [0, 0.1) is 5.92 Å². The summed E-state index contributed by atoms with van der Waals surface area (Å²) in [7, 11) is 0. The summed E-state index contributed by atoms with van der Waals surface area (Å²) in [6, 6.07) is 7.22. The van der Waals surface area contributed by atoms with Crippen molar-refractivity contribution in [3.63, 3.8) is 0 Å². The Labute approximate surface area is 157 Å². The summed E-state index contributed by atoms with van der Waals surface area (Å²) in [5.74, 6) is -0.311. The molecule has 26 heavy (non-hydrogen) atoms. The number of carbonyl (C=O) groups excluding carboxylic acids is 1. The zero-order valence-electron chi connectivity index (χ0n) is 14.9. The topological polar surface area (TPSA) is 60.0 Å². The summed E-state index contributed by atoms with van der Waals surface area (Å²) in [4.78, 5) is 21.6. The Hall–Kier alpha value is -1.80. The average Bonchev–Trinajstić information content (AvgIpc) is 2.87. The lowest BCUT2D eigenvalue weighted by Gasteiger charge is -2.48. The van der Waals surface area contributed by atoms with Crippen LogP contribution in [0.25, 0.3) is 0 Å². The van der Waals surface area contributed by atoms with Gasteiger partial charge in [0.2, 0.25) is 20.0 Å². The van der Waals surface area contributed by atoms with Gasteiger partial charge in [0.05, 0.1) is 11.4 Å². The van der Waals surface area contributed by atoms with Gasteiger partial charge in [0.25, 0.3) is 5.91 Å². The molecule has 5 aliphatic heterocycles. The lowest BCUT2D eigenvalue weighted by atomic mass is 9.91. The van der Waals surface area contributed by atoms with Crippen LogP contribution in [0.5, 0.6) is 0 Å². The molecular formula is C18H25ClN6O+4. The maximum atomic E-state index is 12.9. The highest BCUT2D eigenvalue weighted by molar-refractivity contribution is 6.30. The molecular weight excluding hydrogens is 352 g/mol. The van der Waals surface area contributed by atoms with Crippen molar-refractivity contribution >= 4 is 35.1 Å². The fourth-order valence-electron chi connectivity index (χ4n) is 5.20. The van der Waals surface area contributed by atoms with Gasteiger partial charge in [0.1, 0.15) is 0 Å². The van der Waals surface area contributed by atoms with E-state index in [9.17, 15) is 4.79 Å². The third kappa shape index (κ3) is 2.66. The van der Waals surface area contributed by atoms with Crippen molar-refractivity contribution in [2.24, 2.45) is 11.0 Å². The Balaban J connectivity index is 1.36. The van der Waals surface area contributed by atoms with Gasteiger partial charge in [-0.3, -0.25) is 4.79 Å². The van der Waals surface area contributed by atoms with Crippen molar-refractivity contribution in [1.29, 1.82) is 0 Å². The zero-order chi connectivity index (χ0) is 17.9. The first-order valence-electron chi connectivity index (χ1n) is 9.28. The van der Waals surface area contributed by atoms with E-state index >= 15 is 0 Å². The molecule has 0 unspecified atom stereocenters. The first-order chi connectivity index (χ1) is 12.5. The van der Waals surface area contributed by atoms with Crippen molar-refractivity contribution < 1.29 is 24.5 Å². The van der Waals surface area contributed by atoms with Crippen LogP contribution in [0.4, 0.5) is 5.69 Å². The number of nitrogens with zero attached hydrogens (tertiary/aromatic N) is 2. The minimum absolute atomic E-state index is 0.00462. The van der Waals surface area contributed by atoms with E-state index in [1.54, 1.807) is 26.8 Å². The molecule has 0 aliphatic carbocycles. The number of hydrogen-bond acceptors (Lipinski definition) is 2. The maximum Gasteiger partial charge on any atom is 0.306 e. The molecule has 8 heteroatoms. The Morgan fingerprint density at radius 1 is 1.15 bits per heavy atom. The highest BCUT2D eigenvalue weighted by atomic mass is 35.5. The molecule has 5 aliphatic rings. The number of halogens is 1. The number of rotatable bonds is 3. The monoisotopic (exact) mass is 376 g/mol. The van der Waals surface area contributed by atoms with Crippen molar-refractivity contribution in [3.05, 3.63) is 29.3 Å². The van der Waals surface area contributed by atoms with Crippen molar-refractivity contribution in [1.82, 2.24) is 0 Å². The summed E-state index contributed by atoms with van der Waals surface area (Å²) in [6.45, 7) is 9.08. The quantitative estimate of drug-likeness (QED) is 0.393. The van der Waals surface area contributed by atoms with Gasteiger partial charge in [-0.15, -0.1) is 0 Å². The number of anilines is 1. The minimum Gasteiger partial charge on any atom is -0.271 e. The first kappa shape index (κ1) is 16.4. The van der Waals surface area contributed by atoms with E-state index in [0.717, 1.165) is 31.0 Å². The lowest BCUT2D eigenvalue weighted by molar-refractivity contribution is -1.30. The van der Waals surface area contributed by atoms with Crippen molar-refractivity contribution in [2.75, 3.05) is 44.6 Å². The van der Waals surface area contributed by atoms with E-state index in [-0.39, 0.29) is 17.4 Å². The molecule has 0 spiro atoms. The van der Waals surface area contributed by atoms with E-state index in [1.165, 1.54) is 25.0 Å². The first-order valence-corrected chi connectivity index (χ1v) is 9.66. The largest absolute Gasteiger partial charge is 0.306 e. The van der Waals surface area contributed by atoms with E-state index in [2.05, 4.69) is 10.1 Å². The Morgan fingerprint density at radius 2 is 1.73 bits per heavy atom. The Bertz CT molecular complexity index is 769. The van der Waals surface area contributed by atoms with Crippen LogP contribution in [-0.4, -0.2) is 63.0 Å². The number of hydrazone groups is 1. The molecule has 4 fully saturated rings. The van der Waals surface area contributed by atoms with Gasteiger partial charge in [-0.25, -0.2) is 19.7 Å². The summed E-state index contributed by atoms with van der Waals surface area (Å²) < 4.78 is 0. The van der Waals surface area contributed by atoms with Crippen LogP contribution < -0.4 is 24.7 Å². The second kappa shape index (κ2) is 5.85. The van der Waals surface area contributed by atoms with Crippen molar-refractivity contribution in [2.45, 2.75) is 12.5 Å². The number of quaternary nitrogens is 3. The predicted molar refractivity (Wildman–Crippen MR) is 97.4 cm³/mol. The van der Waals surface area contributed by atoms with Crippen molar-refractivity contribution in [3.8, 4) is 0 Å². The standard InChI is InChI=1S/C18H21ClN6O/c1-13-16(17(26)25(21-13)15-4-2-14(19)3-5-15)6-20-18-7-22-10-23(8-18)12-24(9-18)11-22/h2-6,16H,7-12H2,1H3/p+4/t16-/m0/s1. The lowest BCUT2D eigenvalue weighted by Crippen LogP contribution is -3.58. The summed E-state index contributed by atoms with van der Waals surface area (Å²) in [6.07, 6.45) is 1.99. The number of carbonyl (C=O) groups is 1. The van der Waals surface area contributed by atoms with Gasteiger partial charge >= 0.3 is 5.54 Å². The molecule has 1 aromatic carbocycles. The zero-order valence-corrected chi connectivity index (χ0v) is 15.6. The number of amides is 1. The molecule has 4 N–H and O–H groups in total. The van der Waals surface area contributed by atoms with Gasteiger partial charge in [0, 0.05) is 5.02 Å². The molecule has 136 valence electrons. The fraction of sp³-hybridized carbons (Fsp3) is 0.500. The summed E-state index contributed by atoms with van der Waals surface area (Å²) in [5, 5.41) is 6.63. The predicted octanol–water partition coefficient (Wildman–Crippen LogP) is -4.86. The van der Waals surface area contributed by atoms with E-state index in [4.69, 9.17) is 11.6 Å². The maximum absolute atomic E-state index is 12.9. The third-order valence-electron chi connectivity index (χ3n) is 6.08. The van der Waals surface area contributed by atoms with E-state index < -0.39 is 0 Å². The normalized spacial score (nSPS) is 38.5. The van der Waals surface area contributed by atoms with Gasteiger partial charge < -0.3 is 0 Å². The van der Waals surface area contributed by atoms with Crippen LogP contribution >= 0.6 is 11.6 Å². The van der Waals surface area contributed by atoms with Gasteiger partial charge in [-0.1, -0.05) is 11.6 Å². The second-order valence-corrected chi connectivity index (χ2v) is 8.68. The van der Waals surface area contributed by atoms with Crippen LogP contribution in [0.3, 0.4) is 0 Å². The number of benzene rings is 1. The molecule has 1 aromatic rings. The second-order valence-electron chi connectivity index (χ2n) is 8.25. The van der Waals surface area contributed by atoms with Crippen LogP contribution in [0.15, 0.2) is 29.4 Å². The van der Waals surface area contributed by atoms with Gasteiger partial charge in [0.15, 0.2) is 31.8 Å². The average molecular weight is 377 g/mol. The minimum atomic E-state index is -0.307.